The van der Waals surface area contributed by atoms with Gasteiger partial charge in [-0.15, -0.1) is 0 Å². The molecule has 2 aliphatic rings. The summed E-state index contributed by atoms with van der Waals surface area (Å²) in [6, 6.07) is 14.0. The Labute approximate surface area is 183 Å². The van der Waals surface area contributed by atoms with E-state index in [0.717, 1.165) is 28.5 Å². The van der Waals surface area contributed by atoms with Crippen molar-refractivity contribution in [3.63, 3.8) is 0 Å². The third-order valence-corrected chi connectivity index (χ3v) is 5.82. The van der Waals surface area contributed by atoms with E-state index >= 15 is 0 Å². The Balaban J connectivity index is 1.52. The average molecular weight is 435 g/mol. The smallest absolute Gasteiger partial charge is 0.324 e. The highest BCUT2D eigenvalue weighted by atomic mass is 19.4. The molecule has 0 atom stereocenters. The lowest BCUT2D eigenvalue weighted by atomic mass is 10.00. The lowest BCUT2D eigenvalue weighted by molar-refractivity contribution is -0.138. The van der Waals surface area contributed by atoms with Gasteiger partial charge in [-0.2, -0.15) is 13.2 Å². The number of fused-ring (bicyclic) bond motifs is 1. The van der Waals surface area contributed by atoms with E-state index in [-0.39, 0.29) is 17.7 Å². The molecule has 0 saturated heterocycles. The van der Waals surface area contributed by atoms with Gasteiger partial charge >= 0.3 is 6.18 Å². The lowest BCUT2D eigenvalue weighted by Crippen LogP contribution is -2.15. The molecule has 1 saturated carbocycles. The molecule has 3 aromatic rings. The van der Waals surface area contributed by atoms with Gasteiger partial charge in [0.1, 0.15) is 0 Å². The quantitative estimate of drug-likeness (QED) is 0.516. The molecule has 1 fully saturated rings. The van der Waals surface area contributed by atoms with Gasteiger partial charge in [0, 0.05) is 23.4 Å². The summed E-state index contributed by atoms with van der Waals surface area (Å²) in [5, 5.41) is 2.57. The topological polar surface area (TPSA) is 54.4 Å². The summed E-state index contributed by atoms with van der Waals surface area (Å²) in [6.07, 6.45) is -0.298. The standard InChI is InChI=1S/C25H20F3N3O/c1-14-9-22-23(11-19(14)25(26,27)28)31-24(32)12-21(30-22)17-4-2-3-16(10-17)18-7-8-20(29-13-18)15-5-6-15/h2-4,7-11,13,15H,5-6,12H2,1H3,(H,31,32). The predicted octanol–water partition coefficient (Wildman–Crippen LogP) is 6.42. The highest BCUT2D eigenvalue weighted by molar-refractivity contribution is 6.17. The third kappa shape index (κ3) is 4.02. The van der Waals surface area contributed by atoms with Crippen molar-refractivity contribution in [3.05, 3.63) is 77.1 Å². The van der Waals surface area contributed by atoms with E-state index in [1.54, 1.807) is 0 Å². The van der Waals surface area contributed by atoms with Gasteiger partial charge in [0.2, 0.25) is 5.91 Å². The summed E-state index contributed by atoms with van der Waals surface area (Å²) in [4.78, 5) is 21.6. The van der Waals surface area contributed by atoms with Crippen LogP contribution in [0.2, 0.25) is 0 Å². The highest BCUT2D eigenvalue weighted by Crippen LogP contribution is 2.40. The Kier molecular flexibility index (Phi) is 4.84. The fourth-order valence-electron chi connectivity index (χ4n) is 3.96. The van der Waals surface area contributed by atoms with Crippen LogP contribution in [-0.2, 0) is 11.0 Å². The van der Waals surface area contributed by atoms with Crippen LogP contribution in [0.4, 0.5) is 24.5 Å². The molecule has 1 aromatic heterocycles. The van der Waals surface area contributed by atoms with Crippen LogP contribution in [0.15, 0.2) is 59.7 Å². The molecule has 4 nitrogen and oxygen atoms in total. The number of hydrogen-bond donors (Lipinski definition) is 1. The molecule has 162 valence electrons. The van der Waals surface area contributed by atoms with Crippen LogP contribution in [0.1, 0.15) is 47.6 Å². The number of nitrogens with zero attached hydrogens (tertiary/aromatic N) is 2. The molecule has 0 radical (unpaired) electrons. The number of benzene rings is 2. The van der Waals surface area contributed by atoms with Gasteiger partial charge in [-0.25, -0.2) is 0 Å². The molecule has 5 rings (SSSR count). The Bertz CT molecular complexity index is 1240. The van der Waals surface area contributed by atoms with Crippen molar-refractivity contribution in [2.24, 2.45) is 4.99 Å². The zero-order chi connectivity index (χ0) is 22.5. The number of aromatic nitrogens is 1. The summed E-state index contributed by atoms with van der Waals surface area (Å²) in [6.45, 7) is 1.39. The number of halogens is 3. The van der Waals surface area contributed by atoms with Crippen molar-refractivity contribution >= 4 is 23.0 Å². The molecule has 1 aliphatic carbocycles. The van der Waals surface area contributed by atoms with Gasteiger partial charge in [-0.1, -0.05) is 24.3 Å². The van der Waals surface area contributed by atoms with E-state index in [1.165, 1.54) is 25.8 Å². The highest BCUT2D eigenvalue weighted by Gasteiger charge is 2.34. The Hall–Kier alpha value is -3.48. The molecular formula is C25H20F3N3O. The number of pyridine rings is 1. The number of carbonyl (C=O) groups excluding carboxylic acids is 1. The molecule has 0 spiro atoms. The fourth-order valence-corrected chi connectivity index (χ4v) is 3.96. The number of aryl methyl sites for hydroxylation is 1. The summed E-state index contributed by atoms with van der Waals surface area (Å²) >= 11 is 0. The van der Waals surface area contributed by atoms with E-state index in [9.17, 15) is 18.0 Å². The molecular weight excluding hydrogens is 415 g/mol. The van der Waals surface area contributed by atoms with Gasteiger partial charge < -0.3 is 5.32 Å². The first-order valence-electron chi connectivity index (χ1n) is 10.4. The minimum Gasteiger partial charge on any atom is -0.324 e. The number of rotatable bonds is 3. The SMILES string of the molecule is Cc1cc2c(cc1C(F)(F)F)NC(=O)CC(c1cccc(-c3ccc(C4CC4)nc3)c1)=N2. The summed E-state index contributed by atoms with van der Waals surface area (Å²) in [5.41, 5.74) is 3.93. The summed E-state index contributed by atoms with van der Waals surface area (Å²) in [7, 11) is 0. The molecule has 0 bridgehead atoms. The average Bonchev–Trinajstić information content (AvgIpc) is 3.60. The zero-order valence-electron chi connectivity index (χ0n) is 17.3. The summed E-state index contributed by atoms with van der Waals surface area (Å²) in [5.74, 6) is 0.177. The number of aliphatic imine (C=N–C) groups is 1. The van der Waals surface area contributed by atoms with Crippen LogP contribution in [0.5, 0.6) is 0 Å². The largest absolute Gasteiger partial charge is 0.416 e. The van der Waals surface area contributed by atoms with Crippen molar-refractivity contribution < 1.29 is 18.0 Å². The van der Waals surface area contributed by atoms with Crippen molar-refractivity contribution in [3.8, 4) is 11.1 Å². The van der Waals surface area contributed by atoms with Gasteiger partial charge in [-0.3, -0.25) is 14.8 Å². The van der Waals surface area contributed by atoms with Gasteiger partial charge in [0.25, 0.3) is 0 Å². The second kappa shape index (κ2) is 7.58. The van der Waals surface area contributed by atoms with Gasteiger partial charge in [0.05, 0.1) is 29.1 Å². The molecule has 1 N–H and O–H groups in total. The Morgan fingerprint density at radius 3 is 2.47 bits per heavy atom. The first kappa shape index (κ1) is 20.4. The van der Waals surface area contributed by atoms with Crippen LogP contribution in [0.25, 0.3) is 11.1 Å². The maximum atomic E-state index is 13.3. The van der Waals surface area contributed by atoms with Crippen molar-refractivity contribution in [2.45, 2.75) is 38.3 Å². The molecule has 2 aromatic carbocycles. The molecule has 7 heteroatoms. The summed E-state index contributed by atoms with van der Waals surface area (Å²) < 4.78 is 39.9. The van der Waals surface area contributed by atoms with E-state index in [4.69, 9.17) is 0 Å². The minimum absolute atomic E-state index is 0.0304. The number of anilines is 1. The van der Waals surface area contributed by atoms with E-state index in [2.05, 4.69) is 15.3 Å². The first-order chi connectivity index (χ1) is 15.3. The van der Waals surface area contributed by atoms with Crippen molar-refractivity contribution in [2.75, 3.05) is 5.32 Å². The second-order valence-electron chi connectivity index (χ2n) is 8.29. The Morgan fingerprint density at radius 2 is 1.78 bits per heavy atom. The molecule has 0 unspecified atom stereocenters. The lowest BCUT2D eigenvalue weighted by Gasteiger charge is -2.13. The number of amides is 1. The van der Waals surface area contributed by atoms with Crippen LogP contribution in [-0.4, -0.2) is 16.6 Å². The molecule has 1 aliphatic heterocycles. The number of nitrogens with one attached hydrogen (secondary N) is 1. The van der Waals surface area contributed by atoms with Crippen LogP contribution in [0, 0.1) is 6.92 Å². The normalized spacial score (nSPS) is 16.1. The van der Waals surface area contributed by atoms with Gasteiger partial charge in [0.15, 0.2) is 0 Å². The van der Waals surface area contributed by atoms with Crippen LogP contribution < -0.4 is 5.32 Å². The van der Waals surface area contributed by atoms with Crippen LogP contribution >= 0.6 is 0 Å². The Morgan fingerprint density at radius 1 is 1.00 bits per heavy atom. The van der Waals surface area contributed by atoms with Crippen molar-refractivity contribution in [1.29, 1.82) is 0 Å². The minimum atomic E-state index is -4.50. The monoisotopic (exact) mass is 435 g/mol. The third-order valence-electron chi connectivity index (χ3n) is 5.82. The second-order valence-corrected chi connectivity index (χ2v) is 8.29. The first-order valence-corrected chi connectivity index (χ1v) is 10.4. The van der Waals surface area contributed by atoms with Gasteiger partial charge in [-0.05, 0) is 60.7 Å². The maximum absolute atomic E-state index is 13.3. The van der Waals surface area contributed by atoms with Crippen molar-refractivity contribution in [1.82, 2.24) is 4.98 Å². The molecule has 1 amide bonds. The van der Waals surface area contributed by atoms with E-state index in [1.807, 2.05) is 42.6 Å². The van der Waals surface area contributed by atoms with E-state index in [0.29, 0.717) is 17.3 Å². The predicted molar refractivity (Wildman–Crippen MR) is 117 cm³/mol. The maximum Gasteiger partial charge on any atom is 0.416 e. The zero-order valence-corrected chi connectivity index (χ0v) is 17.3. The molecule has 2 heterocycles. The number of carbonyl (C=O) groups is 1. The number of hydrogen-bond acceptors (Lipinski definition) is 3. The number of alkyl halides is 3. The van der Waals surface area contributed by atoms with Crippen LogP contribution in [0.3, 0.4) is 0 Å². The molecule has 32 heavy (non-hydrogen) atoms. The fraction of sp³-hybridized carbons (Fsp3) is 0.240. The van der Waals surface area contributed by atoms with E-state index < -0.39 is 17.6 Å².